The lowest BCUT2D eigenvalue weighted by Gasteiger charge is -2.36. The maximum atomic E-state index is 9.11. The van der Waals surface area contributed by atoms with E-state index in [1.165, 1.54) is 16.7 Å². The Labute approximate surface area is 126 Å². The normalized spacial score (nSPS) is 18.5. The number of hydrogen-bond donors (Lipinski definition) is 2. The van der Waals surface area contributed by atoms with Crippen LogP contribution in [0.3, 0.4) is 0 Å². The van der Waals surface area contributed by atoms with Crippen LogP contribution in [-0.4, -0.2) is 23.1 Å². The van der Waals surface area contributed by atoms with E-state index in [1.54, 1.807) is 0 Å². The van der Waals surface area contributed by atoms with E-state index in [0.29, 0.717) is 12.6 Å². The van der Waals surface area contributed by atoms with Crippen molar-refractivity contribution in [1.82, 2.24) is 4.90 Å². The number of aliphatic hydroxyl groups is 1. The van der Waals surface area contributed by atoms with Crippen LogP contribution in [0.2, 0.25) is 0 Å². The van der Waals surface area contributed by atoms with Crippen molar-refractivity contribution < 1.29 is 5.11 Å². The largest absolute Gasteiger partial charge is 0.392 e. The van der Waals surface area contributed by atoms with Gasteiger partial charge >= 0.3 is 0 Å². The second kappa shape index (κ2) is 6.39. The van der Waals surface area contributed by atoms with Crippen LogP contribution < -0.4 is 5.73 Å². The van der Waals surface area contributed by atoms with Crippen LogP contribution in [0.5, 0.6) is 0 Å². The summed E-state index contributed by atoms with van der Waals surface area (Å²) >= 11 is 0. The van der Waals surface area contributed by atoms with E-state index in [-0.39, 0.29) is 6.61 Å². The summed E-state index contributed by atoms with van der Waals surface area (Å²) in [6, 6.07) is 17.1. The predicted octanol–water partition coefficient (Wildman–Crippen LogP) is 2.24. The molecular weight excluding hydrogens is 260 g/mol. The summed E-state index contributed by atoms with van der Waals surface area (Å²) in [6.45, 7) is 2.69. The summed E-state index contributed by atoms with van der Waals surface area (Å²) < 4.78 is 0. The number of nitrogens with two attached hydrogens (primary N) is 1. The molecule has 3 nitrogen and oxygen atoms in total. The van der Waals surface area contributed by atoms with E-state index in [4.69, 9.17) is 10.8 Å². The highest BCUT2D eigenvalue weighted by atomic mass is 16.3. The Morgan fingerprint density at radius 2 is 1.76 bits per heavy atom. The van der Waals surface area contributed by atoms with Gasteiger partial charge in [-0.3, -0.25) is 4.90 Å². The molecule has 0 saturated carbocycles. The Hall–Kier alpha value is -1.68. The molecule has 0 saturated heterocycles. The summed E-state index contributed by atoms with van der Waals surface area (Å²) in [5, 5.41) is 9.11. The standard InChI is InChI=1S/C18H22N2O/c19-11-18-17-4-2-1-3-16(17)9-10-20(18)12-14-5-7-15(13-21)8-6-14/h1-8,18,21H,9-13,19H2. The number of nitrogens with zero attached hydrogens (tertiary/aromatic N) is 1. The quantitative estimate of drug-likeness (QED) is 0.904. The minimum absolute atomic E-state index is 0.1000. The first-order valence-electron chi connectivity index (χ1n) is 7.52. The zero-order chi connectivity index (χ0) is 14.7. The Morgan fingerprint density at radius 3 is 2.48 bits per heavy atom. The molecule has 2 aromatic carbocycles. The van der Waals surface area contributed by atoms with Crippen LogP contribution in [0.15, 0.2) is 48.5 Å². The summed E-state index contributed by atoms with van der Waals surface area (Å²) in [6.07, 6.45) is 1.08. The Kier molecular flexibility index (Phi) is 4.34. The molecule has 0 spiro atoms. The first-order valence-corrected chi connectivity index (χ1v) is 7.52. The van der Waals surface area contributed by atoms with Crippen molar-refractivity contribution in [3.63, 3.8) is 0 Å². The highest BCUT2D eigenvalue weighted by Crippen LogP contribution is 2.30. The minimum atomic E-state index is 0.1000. The molecule has 0 aliphatic carbocycles. The van der Waals surface area contributed by atoms with E-state index in [9.17, 15) is 0 Å². The van der Waals surface area contributed by atoms with Gasteiger partial charge in [0.1, 0.15) is 0 Å². The lowest BCUT2D eigenvalue weighted by Crippen LogP contribution is -2.38. The highest BCUT2D eigenvalue weighted by molar-refractivity contribution is 5.33. The monoisotopic (exact) mass is 282 g/mol. The highest BCUT2D eigenvalue weighted by Gasteiger charge is 2.25. The molecule has 1 atom stereocenters. The fourth-order valence-corrected chi connectivity index (χ4v) is 3.15. The smallest absolute Gasteiger partial charge is 0.0681 e. The van der Waals surface area contributed by atoms with Crippen molar-refractivity contribution in [3.05, 3.63) is 70.8 Å². The molecule has 0 bridgehead atoms. The molecule has 2 aromatic rings. The third-order valence-electron chi connectivity index (χ3n) is 4.34. The van der Waals surface area contributed by atoms with Gasteiger partial charge in [-0.05, 0) is 28.7 Å². The molecule has 3 rings (SSSR count). The van der Waals surface area contributed by atoms with Crippen molar-refractivity contribution in [2.45, 2.75) is 25.6 Å². The van der Waals surface area contributed by atoms with Gasteiger partial charge in [-0.1, -0.05) is 48.5 Å². The zero-order valence-corrected chi connectivity index (χ0v) is 12.2. The topological polar surface area (TPSA) is 49.5 Å². The van der Waals surface area contributed by atoms with E-state index >= 15 is 0 Å². The van der Waals surface area contributed by atoms with Crippen LogP contribution in [-0.2, 0) is 19.6 Å². The predicted molar refractivity (Wildman–Crippen MR) is 84.7 cm³/mol. The van der Waals surface area contributed by atoms with Gasteiger partial charge in [-0.25, -0.2) is 0 Å². The average molecular weight is 282 g/mol. The lowest BCUT2D eigenvalue weighted by atomic mass is 9.92. The van der Waals surface area contributed by atoms with Gasteiger partial charge in [0.25, 0.3) is 0 Å². The Morgan fingerprint density at radius 1 is 1.05 bits per heavy atom. The molecular formula is C18H22N2O. The average Bonchev–Trinajstić information content (AvgIpc) is 2.55. The van der Waals surface area contributed by atoms with Gasteiger partial charge in [-0.15, -0.1) is 0 Å². The van der Waals surface area contributed by atoms with E-state index in [1.807, 2.05) is 12.1 Å². The molecule has 110 valence electrons. The van der Waals surface area contributed by atoms with Gasteiger partial charge in [0.2, 0.25) is 0 Å². The summed E-state index contributed by atoms with van der Waals surface area (Å²) in [5.74, 6) is 0. The van der Waals surface area contributed by atoms with E-state index in [0.717, 1.165) is 25.1 Å². The molecule has 0 fully saturated rings. The van der Waals surface area contributed by atoms with Crippen LogP contribution in [0.25, 0.3) is 0 Å². The molecule has 21 heavy (non-hydrogen) atoms. The van der Waals surface area contributed by atoms with Gasteiger partial charge in [0, 0.05) is 25.7 Å². The lowest BCUT2D eigenvalue weighted by molar-refractivity contribution is 0.181. The molecule has 1 aliphatic rings. The first-order chi connectivity index (χ1) is 10.3. The zero-order valence-electron chi connectivity index (χ0n) is 12.2. The second-order valence-electron chi connectivity index (χ2n) is 5.65. The van der Waals surface area contributed by atoms with Crippen molar-refractivity contribution in [1.29, 1.82) is 0 Å². The summed E-state index contributed by atoms with van der Waals surface area (Å²) in [7, 11) is 0. The summed E-state index contributed by atoms with van der Waals surface area (Å²) in [4.78, 5) is 2.45. The van der Waals surface area contributed by atoms with Gasteiger partial charge in [0.15, 0.2) is 0 Å². The van der Waals surface area contributed by atoms with Crippen molar-refractivity contribution in [2.75, 3.05) is 13.1 Å². The molecule has 1 heterocycles. The summed E-state index contributed by atoms with van der Waals surface area (Å²) in [5.41, 5.74) is 11.1. The molecule has 3 N–H and O–H groups in total. The van der Waals surface area contributed by atoms with Crippen LogP contribution in [0.1, 0.15) is 28.3 Å². The SMILES string of the molecule is NCC1c2ccccc2CCN1Cc1ccc(CO)cc1. The molecule has 1 aliphatic heterocycles. The van der Waals surface area contributed by atoms with Gasteiger partial charge < -0.3 is 10.8 Å². The number of benzene rings is 2. The molecule has 1 unspecified atom stereocenters. The molecule has 0 amide bonds. The van der Waals surface area contributed by atoms with Crippen LogP contribution >= 0.6 is 0 Å². The number of aliphatic hydroxyl groups excluding tert-OH is 1. The maximum absolute atomic E-state index is 9.11. The number of rotatable bonds is 4. The second-order valence-corrected chi connectivity index (χ2v) is 5.65. The van der Waals surface area contributed by atoms with E-state index in [2.05, 4.69) is 41.3 Å². The van der Waals surface area contributed by atoms with E-state index < -0.39 is 0 Å². The number of fused-ring (bicyclic) bond motifs is 1. The van der Waals surface area contributed by atoms with Crippen molar-refractivity contribution >= 4 is 0 Å². The third kappa shape index (κ3) is 3.00. The first kappa shape index (κ1) is 14.3. The van der Waals surface area contributed by atoms with Crippen molar-refractivity contribution in [2.24, 2.45) is 5.73 Å². The minimum Gasteiger partial charge on any atom is -0.392 e. The van der Waals surface area contributed by atoms with Gasteiger partial charge in [0.05, 0.1) is 6.61 Å². The fourth-order valence-electron chi connectivity index (χ4n) is 3.15. The van der Waals surface area contributed by atoms with Crippen molar-refractivity contribution in [3.8, 4) is 0 Å². The van der Waals surface area contributed by atoms with Gasteiger partial charge in [-0.2, -0.15) is 0 Å². The molecule has 3 heteroatoms. The fraction of sp³-hybridized carbons (Fsp3) is 0.333. The Balaban J connectivity index is 1.79. The van der Waals surface area contributed by atoms with Crippen LogP contribution in [0, 0.1) is 0 Å². The van der Waals surface area contributed by atoms with Crippen LogP contribution in [0.4, 0.5) is 0 Å². The number of hydrogen-bond acceptors (Lipinski definition) is 3. The third-order valence-corrected chi connectivity index (χ3v) is 4.34. The Bertz CT molecular complexity index is 594. The maximum Gasteiger partial charge on any atom is 0.0681 e. The molecule has 0 radical (unpaired) electrons. The molecule has 0 aromatic heterocycles.